The van der Waals surface area contributed by atoms with Crippen molar-refractivity contribution in [2.24, 2.45) is 11.8 Å². The Labute approximate surface area is 164 Å². The lowest BCUT2D eigenvalue weighted by atomic mass is 10.0. The number of hydrogen-bond acceptors (Lipinski definition) is 4. The molecule has 0 aromatic carbocycles. The minimum Gasteiger partial charge on any atom is -0.355 e. The average molecular weight is 388 g/mol. The number of aromatic nitrogens is 1. The molecule has 3 rings (SSSR count). The molecule has 1 aliphatic carbocycles. The maximum Gasteiger partial charge on any atom is 0.247 e. The van der Waals surface area contributed by atoms with Crippen molar-refractivity contribution in [1.29, 1.82) is 0 Å². The number of carbonyl (C=O) groups is 3. The van der Waals surface area contributed by atoms with Crippen LogP contribution in [0.2, 0.25) is 0 Å². The molecule has 8 nitrogen and oxygen atoms in total. The van der Waals surface area contributed by atoms with E-state index in [1.165, 1.54) is 6.07 Å². The number of aromatic amines is 1. The van der Waals surface area contributed by atoms with Crippen LogP contribution in [-0.4, -0.2) is 53.3 Å². The molecule has 2 fully saturated rings. The predicted octanol–water partition coefficient (Wildman–Crippen LogP) is 0.187. The Balaban J connectivity index is 1.39. The van der Waals surface area contributed by atoms with Crippen molar-refractivity contribution in [3.63, 3.8) is 0 Å². The van der Waals surface area contributed by atoms with E-state index in [1.807, 2.05) is 6.92 Å². The molecule has 0 bridgehead atoms. The van der Waals surface area contributed by atoms with Gasteiger partial charge in [-0.25, -0.2) is 0 Å². The van der Waals surface area contributed by atoms with Crippen molar-refractivity contribution in [1.82, 2.24) is 20.5 Å². The Morgan fingerprint density at radius 2 is 2.07 bits per heavy atom. The Morgan fingerprint density at radius 3 is 2.75 bits per heavy atom. The molecule has 3 atom stereocenters. The van der Waals surface area contributed by atoms with Crippen molar-refractivity contribution >= 4 is 17.7 Å². The first-order chi connectivity index (χ1) is 13.4. The standard InChI is InChI=1S/C20H28N4O4/c1-13-9-16(13)20(28)21-7-6-18(26)23-15-3-2-8-24(12-15)19(27)10-14-4-5-17(25)22-11-14/h4-5,11,13,15-16H,2-3,6-10,12H2,1H3,(H,21,28)(H,22,25)(H,23,26). The van der Waals surface area contributed by atoms with E-state index in [-0.39, 0.29) is 48.1 Å². The van der Waals surface area contributed by atoms with Crippen LogP contribution in [-0.2, 0) is 20.8 Å². The summed E-state index contributed by atoms with van der Waals surface area (Å²) in [6.45, 7) is 3.55. The fraction of sp³-hybridized carbons (Fsp3) is 0.600. The Hall–Kier alpha value is -2.64. The molecule has 152 valence electrons. The Kier molecular flexibility index (Phi) is 6.49. The molecule has 1 saturated heterocycles. The normalized spacial score (nSPS) is 23.8. The molecule has 0 radical (unpaired) electrons. The van der Waals surface area contributed by atoms with Crippen LogP contribution in [0.1, 0.15) is 38.2 Å². The molecule has 2 heterocycles. The number of carbonyl (C=O) groups excluding carboxylic acids is 3. The first-order valence-corrected chi connectivity index (χ1v) is 9.95. The molecule has 3 unspecified atom stereocenters. The first kappa shape index (κ1) is 20.1. The molecule has 1 aromatic heterocycles. The first-order valence-electron chi connectivity index (χ1n) is 9.95. The Morgan fingerprint density at radius 1 is 1.29 bits per heavy atom. The van der Waals surface area contributed by atoms with E-state index in [0.717, 1.165) is 24.8 Å². The lowest BCUT2D eigenvalue weighted by Crippen LogP contribution is -2.50. The fourth-order valence-electron chi connectivity index (χ4n) is 3.58. The second-order valence-electron chi connectivity index (χ2n) is 7.84. The molecule has 28 heavy (non-hydrogen) atoms. The molecule has 1 aliphatic heterocycles. The highest BCUT2D eigenvalue weighted by atomic mass is 16.2. The van der Waals surface area contributed by atoms with Gasteiger partial charge < -0.3 is 20.5 Å². The Bertz CT molecular complexity index is 770. The highest BCUT2D eigenvalue weighted by Crippen LogP contribution is 2.37. The van der Waals surface area contributed by atoms with Gasteiger partial charge in [0.05, 0.1) is 6.42 Å². The van der Waals surface area contributed by atoms with Crippen LogP contribution < -0.4 is 16.2 Å². The average Bonchev–Trinajstić information content (AvgIpc) is 3.40. The van der Waals surface area contributed by atoms with E-state index in [0.29, 0.717) is 25.6 Å². The lowest BCUT2D eigenvalue weighted by molar-refractivity contribution is -0.133. The van der Waals surface area contributed by atoms with Crippen molar-refractivity contribution in [2.45, 2.75) is 45.1 Å². The monoisotopic (exact) mass is 388 g/mol. The second kappa shape index (κ2) is 9.03. The number of hydrogen-bond donors (Lipinski definition) is 3. The van der Waals surface area contributed by atoms with E-state index < -0.39 is 0 Å². The van der Waals surface area contributed by atoms with Gasteiger partial charge in [-0.15, -0.1) is 0 Å². The van der Waals surface area contributed by atoms with Crippen molar-refractivity contribution in [3.05, 3.63) is 34.2 Å². The number of H-pyrrole nitrogens is 1. The van der Waals surface area contributed by atoms with Crippen LogP contribution in [0, 0.1) is 11.8 Å². The molecule has 0 spiro atoms. The largest absolute Gasteiger partial charge is 0.355 e. The maximum absolute atomic E-state index is 12.5. The summed E-state index contributed by atoms with van der Waals surface area (Å²) in [5.41, 5.74) is 0.566. The van der Waals surface area contributed by atoms with Gasteiger partial charge >= 0.3 is 0 Å². The third-order valence-corrected chi connectivity index (χ3v) is 5.44. The molecule has 3 N–H and O–H groups in total. The van der Waals surface area contributed by atoms with Gasteiger partial charge in [0.25, 0.3) is 0 Å². The zero-order valence-corrected chi connectivity index (χ0v) is 16.2. The summed E-state index contributed by atoms with van der Waals surface area (Å²) in [5.74, 6) is 0.483. The summed E-state index contributed by atoms with van der Waals surface area (Å²) in [4.78, 5) is 51.8. The minimum atomic E-state index is -0.195. The summed E-state index contributed by atoms with van der Waals surface area (Å²) in [7, 11) is 0. The summed E-state index contributed by atoms with van der Waals surface area (Å²) >= 11 is 0. The minimum absolute atomic E-state index is 0.0168. The number of rotatable bonds is 7. The lowest BCUT2D eigenvalue weighted by Gasteiger charge is -2.33. The van der Waals surface area contributed by atoms with Crippen LogP contribution in [0.4, 0.5) is 0 Å². The van der Waals surface area contributed by atoms with Gasteiger partial charge in [-0.1, -0.05) is 13.0 Å². The zero-order chi connectivity index (χ0) is 20.1. The van der Waals surface area contributed by atoms with E-state index >= 15 is 0 Å². The molecule has 1 saturated carbocycles. The fourth-order valence-corrected chi connectivity index (χ4v) is 3.58. The third kappa shape index (κ3) is 5.68. The highest BCUT2D eigenvalue weighted by molar-refractivity contribution is 5.82. The van der Waals surface area contributed by atoms with Gasteiger partial charge in [-0.05, 0) is 30.7 Å². The van der Waals surface area contributed by atoms with E-state index in [4.69, 9.17) is 0 Å². The van der Waals surface area contributed by atoms with Crippen LogP contribution >= 0.6 is 0 Å². The third-order valence-electron chi connectivity index (χ3n) is 5.44. The van der Waals surface area contributed by atoms with Crippen LogP contribution in [0.15, 0.2) is 23.1 Å². The topological polar surface area (TPSA) is 111 Å². The number of piperidine rings is 1. The number of likely N-dealkylation sites (tertiary alicyclic amines) is 1. The summed E-state index contributed by atoms with van der Waals surface area (Å²) in [6, 6.07) is 2.99. The van der Waals surface area contributed by atoms with Gasteiger partial charge in [0.2, 0.25) is 23.3 Å². The summed E-state index contributed by atoms with van der Waals surface area (Å²) in [5, 5.41) is 5.78. The van der Waals surface area contributed by atoms with Crippen molar-refractivity contribution in [3.8, 4) is 0 Å². The van der Waals surface area contributed by atoms with E-state index in [9.17, 15) is 19.2 Å². The second-order valence-corrected chi connectivity index (χ2v) is 7.84. The van der Waals surface area contributed by atoms with Crippen LogP contribution in [0.5, 0.6) is 0 Å². The van der Waals surface area contributed by atoms with E-state index in [2.05, 4.69) is 15.6 Å². The zero-order valence-electron chi connectivity index (χ0n) is 16.2. The van der Waals surface area contributed by atoms with Gasteiger partial charge in [-0.3, -0.25) is 19.2 Å². The summed E-state index contributed by atoms with van der Waals surface area (Å²) < 4.78 is 0. The molecule has 8 heteroatoms. The van der Waals surface area contributed by atoms with Crippen LogP contribution in [0.25, 0.3) is 0 Å². The van der Waals surface area contributed by atoms with Crippen LogP contribution in [0.3, 0.4) is 0 Å². The number of nitrogens with one attached hydrogen (secondary N) is 3. The molecule has 1 aromatic rings. The van der Waals surface area contributed by atoms with Crippen molar-refractivity contribution in [2.75, 3.05) is 19.6 Å². The summed E-state index contributed by atoms with van der Waals surface area (Å²) in [6.07, 6.45) is 4.62. The predicted molar refractivity (Wildman–Crippen MR) is 103 cm³/mol. The molecular formula is C20H28N4O4. The number of nitrogens with zero attached hydrogens (tertiary/aromatic N) is 1. The van der Waals surface area contributed by atoms with Crippen molar-refractivity contribution < 1.29 is 14.4 Å². The maximum atomic E-state index is 12.5. The number of amides is 3. The SMILES string of the molecule is CC1CC1C(=O)NCCC(=O)NC1CCCN(C(=O)Cc2ccc(=O)[nH]c2)C1. The van der Waals surface area contributed by atoms with E-state index in [1.54, 1.807) is 17.2 Å². The molecule has 2 aliphatic rings. The van der Waals surface area contributed by atoms with Gasteiger partial charge in [0.1, 0.15) is 0 Å². The highest BCUT2D eigenvalue weighted by Gasteiger charge is 2.38. The quantitative estimate of drug-likeness (QED) is 0.619. The van der Waals surface area contributed by atoms with Gasteiger partial charge in [-0.2, -0.15) is 0 Å². The van der Waals surface area contributed by atoms with Gasteiger partial charge in [0.15, 0.2) is 0 Å². The molecule has 3 amide bonds. The molecular weight excluding hydrogens is 360 g/mol. The smallest absolute Gasteiger partial charge is 0.247 e. The number of pyridine rings is 1. The van der Waals surface area contributed by atoms with Gasteiger partial charge in [0, 0.05) is 50.3 Å².